The van der Waals surface area contributed by atoms with E-state index in [0.29, 0.717) is 0 Å². The van der Waals surface area contributed by atoms with Crippen molar-refractivity contribution < 1.29 is 14.9 Å². The highest BCUT2D eigenvalue weighted by atomic mass is 79.9. The van der Waals surface area contributed by atoms with Crippen molar-refractivity contribution >= 4 is 46.0 Å². The fourth-order valence-electron chi connectivity index (χ4n) is 4.03. The predicted octanol–water partition coefficient (Wildman–Crippen LogP) is 4.52. The zero-order valence-electron chi connectivity index (χ0n) is 19.6. The van der Waals surface area contributed by atoms with Gasteiger partial charge in [-0.25, -0.2) is 9.97 Å². The van der Waals surface area contributed by atoms with Crippen LogP contribution in [0.1, 0.15) is 32.3 Å². The number of rotatable bonds is 6. The maximum Gasteiger partial charge on any atom is 0.160 e. The van der Waals surface area contributed by atoms with E-state index in [-0.39, 0.29) is 27.9 Å². The SMILES string of the molecule is Br.CNc1ncnc2c1NC1=C(S2)C(=NCCc2ccc(OC)c(OC)c2)CC(C)(C)C1.O. The topological polar surface area (TPSA) is 112 Å². The van der Waals surface area contributed by atoms with Crippen LogP contribution >= 0.6 is 28.7 Å². The number of aliphatic imine (C=N–C) groups is 1. The molecule has 33 heavy (non-hydrogen) atoms. The average molecular weight is 539 g/mol. The molecule has 0 atom stereocenters. The Bertz CT molecular complexity index is 1060. The second kappa shape index (κ2) is 11.2. The molecule has 2 aromatic rings. The first-order chi connectivity index (χ1) is 14.9. The number of allylic oxidation sites excluding steroid dienone is 2. The standard InChI is InChI=1S/C23H29N5O2S.BrH.H2O/c1-23(2)11-15(25-9-8-14-6-7-17(29-4)18(10-14)30-5)20-16(12-23)28-19-21(24-3)26-13-27-22(19)31-20;;/h6-7,10,13,28H,8-9,11-12H2,1-5H3,(H,24,26,27);1H;1H2. The largest absolute Gasteiger partial charge is 0.493 e. The Morgan fingerprint density at radius 2 is 1.91 bits per heavy atom. The van der Waals surface area contributed by atoms with Crippen LogP contribution in [0.15, 0.2) is 45.1 Å². The molecule has 10 heteroatoms. The number of halogens is 1. The number of fused-ring (bicyclic) bond motifs is 1. The minimum Gasteiger partial charge on any atom is -0.493 e. The van der Waals surface area contributed by atoms with Gasteiger partial charge >= 0.3 is 0 Å². The lowest BCUT2D eigenvalue weighted by Gasteiger charge is -2.37. The fraction of sp³-hybridized carbons (Fsp3) is 0.435. The highest BCUT2D eigenvalue weighted by molar-refractivity contribution is 8.93. The van der Waals surface area contributed by atoms with Gasteiger partial charge in [0.15, 0.2) is 17.3 Å². The number of benzene rings is 1. The van der Waals surface area contributed by atoms with Crippen molar-refractivity contribution in [3.8, 4) is 11.5 Å². The van der Waals surface area contributed by atoms with E-state index in [4.69, 9.17) is 14.5 Å². The van der Waals surface area contributed by atoms with Crippen LogP contribution in [0.25, 0.3) is 0 Å². The lowest BCUT2D eigenvalue weighted by Crippen LogP contribution is -2.30. The molecule has 1 aliphatic heterocycles. The van der Waals surface area contributed by atoms with E-state index >= 15 is 0 Å². The maximum atomic E-state index is 5.43. The molecule has 0 saturated heterocycles. The second-order valence-electron chi connectivity index (χ2n) is 8.47. The molecule has 4 N–H and O–H groups in total. The van der Waals surface area contributed by atoms with E-state index in [9.17, 15) is 0 Å². The van der Waals surface area contributed by atoms with Gasteiger partial charge in [0.1, 0.15) is 17.0 Å². The van der Waals surface area contributed by atoms with E-state index in [2.05, 4.69) is 40.5 Å². The molecule has 0 saturated carbocycles. The quantitative estimate of drug-likeness (QED) is 0.520. The number of thioether (sulfide) groups is 1. The van der Waals surface area contributed by atoms with Crippen molar-refractivity contribution in [3.63, 3.8) is 0 Å². The lowest BCUT2D eigenvalue weighted by atomic mass is 9.78. The summed E-state index contributed by atoms with van der Waals surface area (Å²) in [5.74, 6) is 2.31. The summed E-state index contributed by atoms with van der Waals surface area (Å²) in [7, 11) is 5.19. The van der Waals surface area contributed by atoms with Crippen molar-refractivity contribution in [2.75, 3.05) is 38.4 Å². The summed E-state index contributed by atoms with van der Waals surface area (Å²) in [6, 6.07) is 6.04. The Labute approximate surface area is 209 Å². The number of methoxy groups -OCH3 is 2. The highest BCUT2D eigenvalue weighted by Gasteiger charge is 2.35. The van der Waals surface area contributed by atoms with E-state index in [1.165, 1.54) is 16.2 Å². The van der Waals surface area contributed by atoms with Gasteiger partial charge in [-0.2, -0.15) is 0 Å². The molecule has 2 heterocycles. The summed E-state index contributed by atoms with van der Waals surface area (Å²) in [5, 5.41) is 7.69. The number of hydrogen-bond acceptors (Lipinski definition) is 8. The molecule has 0 amide bonds. The molecule has 8 nitrogen and oxygen atoms in total. The smallest absolute Gasteiger partial charge is 0.160 e. The van der Waals surface area contributed by atoms with Gasteiger partial charge in [0.2, 0.25) is 0 Å². The Hall–Kier alpha value is -2.30. The molecular formula is C23H32BrN5O3S. The molecule has 0 bridgehead atoms. The number of nitrogens with zero attached hydrogens (tertiary/aromatic N) is 3. The van der Waals surface area contributed by atoms with Crippen LogP contribution in [0, 0.1) is 5.41 Å². The molecule has 0 radical (unpaired) electrons. The summed E-state index contributed by atoms with van der Waals surface area (Å²) in [6.45, 7) is 5.31. The van der Waals surface area contributed by atoms with Crippen molar-refractivity contribution in [2.45, 2.75) is 38.1 Å². The number of hydrogen-bond donors (Lipinski definition) is 2. The molecule has 4 rings (SSSR count). The van der Waals surface area contributed by atoms with E-state index in [0.717, 1.165) is 59.5 Å². The second-order valence-corrected chi connectivity index (χ2v) is 9.47. The Morgan fingerprint density at radius 1 is 1.15 bits per heavy atom. The van der Waals surface area contributed by atoms with Crippen molar-refractivity contribution in [1.29, 1.82) is 0 Å². The molecule has 1 aromatic carbocycles. The van der Waals surface area contributed by atoms with Crippen LogP contribution in [-0.4, -0.2) is 49.0 Å². The van der Waals surface area contributed by atoms with Gasteiger partial charge in [0.05, 0.1) is 24.8 Å². The molecule has 2 aliphatic rings. The van der Waals surface area contributed by atoms with Crippen LogP contribution in [0.5, 0.6) is 11.5 Å². The summed E-state index contributed by atoms with van der Waals surface area (Å²) >= 11 is 1.70. The number of aromatic nitrogens is 2. The van der Waals surface area contributed by atoms with Crippen LogP contribution in [0.4, 0.5) is 11.5 Å². The molecule has 180 valence electrons. The molecule has 0 unspecified atom stereocenters. The van der Waals surface area contributed by atoms with E-state index < -0.39 is 0 Å². The Balaban J connectivity index is 0.00000193. The van der Waals surface area contributed by atoms with Gasteiger partial charge in [-0.05, 0) is 42.4 Å². The Morgan fingerprint density at radius 3 is 2.61 bits per heavy atom. The summed E-state index contributed by atoms with van der Waals surface area (Å²) in [6.07, 6.45) is 4.37. The minimum absolute atomic E-state index is 0. The number of anilines is 2. The zero-order valence-corrected chi connectivity index (χ0v) is 22.1. The van der Waals surface area contributed by atoms with E-state index in [1.54, 1.807) is 32.3 Å². The van der Waals surface area contributed by atoms with Crippen molar-refractivity contribution in [2.24, 2.45) is 10.4 Å². The van der Waals surface area contributed by atoms with Crippen LogP contribution in [0.3, 0.4) is 0 Å². The maximum absolute atomic E-state index is 5.43. The molecule has 0 spiro atoms. The van der Waals surface area contributed by atoms with Gasteiger partial charge in [-0.1, -0.05) is 31.7 Å². The first-order valence-corrected chi connectivity index (χ1v) is 11.2. The van der Waals surface area contributed by atoms with Gasteiger partial charge in [0, 0.05) is 19.3 Å². The van der Waals surface area contributed by atoms with Crippen LogP contribution in [-0.2, 0) is 6.42 Å². The predicted molar refractivity (Wildman–Crippen MR) is 141 cm³/mol. The van der Waals surface area contributed by atoms with Gasteiger partial charge in [-0.3, -0.25) is 4.99 Å². The fourth-order valence-corrected chi connectivity index (χ4v) is 5.07. The highest BCUT2D eigenvalue weighted by Crippen LogP contribution is 2.49. The first-order valence-electron chi connectivity index (χ1n) is 10.4. The summed E-state index contributed by atoms with van der Waals surface area (Å²) in [5.41, 5.74) is 4.64. The molecule has 0 fully saturated rings. The first kappa shape index (κ1) is 26.9. The van der Waals surface area contributed by atoms with E-state index in [1.807, 2.05) is 19.2 Å². The van der Waals surface area contributed by atoms with Crippen molar-refractivity contribution in [3.05, 3.63) is 40.7 Å². The van der Waals surface area contributed by atoms with Crippen molar-refractivity contribution in [1.82, 2.24) is 9.97 Å². The van der Waals surface area contributed by atoms with Crippen LogP contribution in [0.2, 0.25) is 0 Å². The molecule has 1 aromatic heterocycles. The summed E-state index contributed by atoms with van der Waals surface area (Å²) < 4.78 is 10.8. The lowest BCUT2D eigenvalue weighted by molar-refractivity contribution is 0.354. The Kier molecular flexibility index (Phi) is 9.16. The molecular weight excluding hydrogens is 506 g/mol. The monoisotopic (exact) mass is 537 g/mol. The minimum atomic E-state index is 0. The van der Waals surface area contributed by atoms with Crippen LogP contribution < -0.4 is 20.1 Å². The zero-order chi connectivity index (χ0) is 22.0. The number of ether oxygens (including phenoxy) is 2. The summed E-state index contributed by atoms with van der Waals surface area (Å²) in [4.78, 5) is 15.1. The normalized spacial score (nSPS) is 17.1. The third-order valence-electron chi connectivity index (χ3n) is 5.51. The number of nitrogens with one attached hydrogen (secondary N) is 2. The van der Waals surface area contributed by atoms with Gasteiger partial charge in [-0.15, -0.1) is 17.0 Å². The average Bonchev–Trinajstić information content (AvgIpc) is 2.76. The van der Waals surface area contributed by atoms with Gasteiger partial charge in [0.25, 0.3) is 0 Å². The van der Waals surface area contributed by atoms with Gasteiger partial charge < -0.3 is 25.6 Å². The third kappa shape index (κ3) is 5.80. The third-order valence-corrected chi connectivity index (χ3v) is 6.70. The molecule has 1 aliphatic carbocycles.